The van der Waals surface area contributed by atoms with Crippen LogP contribution in [0.25, 0.3) is 0 Å². The Morgan fingerprint density at radius 2 is 1.81 bits per heavy atom. The van der Waals surface area contributed by atoms with E-state index in [2.05, 4.69) is 72.0 Å². The molecule has 1 aliphatic rings. The predicted octanol–water partition coefficient (Wildman–Crippen LogP) is 7.20. The number of hydrogen-bond donors (Lipinski definition) is 1. The molecular formula is C25H46N2. The summed E-state index contributed by atoms with van der Waals surface area (Å²) in [5.74, 6) is 0. The summed E-state index contributed by atoms with van der Waals surface area (Å²) in [5.41, 5.74) is 5.34. The van der Waals surface area contributed by atoms with Crippen molar-refractivity contribution in [1.29, 1.82) is 0 Å². The van der Waals surface area contributed by atoms with Crippen LogP contribution in [0.3, 0.4) is 0 Å². The molecule has 0 saturated carbocycles. The van der Waals surface area contributed by atoms with Crippen molar-refractivity contribution in [1.82, 2.24) is 10.2 Å². The van der Waals surface area contributed by atoms with Crippen molar-refractivity contribution in [3.05, 3.63) is 35.7 Å². The van der Waals surface area contributed by atoms with Crippen molar-refractivity contribution in [2.24, 2.45) is 5.41 Å². The van der Waals surface area contributed by atoms with Crippen LogP contribution < -0.4 is 5.32 Å². The van der Waals surface area contributed by atoms with Crippen LogP contribution >= 0.6 is 0 Å². The first-order valence-corrected chi connectivity index (χ1v) is 11.2. The maximum atomic E-state index is 4.55. The van der Waals surface area contributed by atoms with Gasteiger partial charge in [-0.3, -0.25) is 0 Å². The van der Waals surface area contributed by atoms with E-state index in [-0.39, 0.29) is 11.0 Å². The number of allylic oxidation sites excluding steroid dienone is 2. The van der Waals surface area contributed by atoms with Gasteiger partial charge in [0.1, 0.15) is 0 Å². The molecule has 0 heterocycles. The number of unbranched alkanes of at least 4 members (excludes halogenated alkanes) is 2. The van der Waals surface area contributed by atoms with Crippen LogP contribution in [0.1, 0.15) is 99.3 Å². The van der Waals surface area contributed by atoms with E-state index < -0.39 is 0 Å². The van der Waals surface area contributed by atoms with Crippen LogP contribution in [0.4, 0.5) is 0 Å². The van der Waals surface area contributed by atoms with Crippen LogP contribution in [0.15, 0.2) is 35.7 Å². The lowest BCUT2D eigenvalue weighted by Crippen LogP contribution is -2.45. The second kappa shape index (κ2) is 10.4. The summed E-state index contributed by atoms with van der Waals surface area (Å²) in [6, 6.07) is 0. The highest BCUT2D eigenvalue weighted by molar-refractivity contribution is 5.31. The molecular weight excluding hydrogens is 328 g/mol. The standard InChI is InChI=1S/C25H46N2/c1-10-12-14-17-20(3)24(6,7)26-22(5)25(8)19-16-13-15-18-23(21(25)4)27(9)11-2/h26H,3,5,10-19H2,1-2,4,6-9H3. The molecule has 1 unspecified atom stereocenters. The van der Waals surface area contributed by atoms with E-state index in [0.717, 1.165) is 18.7 Å². The zero-order valence-corrected chi connectivity index (χ0v) is 19.4. The molecule has 1 rings (SSSR count). The van der Waals surface area contributed by atoms with Crippen LogP contribution in [0.2, 0.25) is 0 Å². The monoisotopic (exact) mass is 374 g/mol. The topological polar surface area (TPSA) is 15.3 Å². The van der Waals surface area contributed by atoms with Crippen molar-refractivity contribution in [3.63, 3.8) is 0 Å². The zero-order valence-electron chi connectivity index (χ0n) is 19.4. The van der Waals surface area contributed by atoms with Crippen LogP contribution in [-0.2, 0) is 0 Å². The Balaban J connectivity index is 3.05. The van der Waals surface area contributed by atoms with Crippen molar-refractivity contribution in [3.8, 4) is 0 Å². The van der Waals surface area contributed by atoms with E-state index in [1.165, 1.54) is 68.2 Å². The third-order valence-corrected chi connectivity index (χ3v) is 6.88. The average Bonchev–Trinajstić information content (AvgIpc) is 2.61. The first kappa shape index (κ1) is 23.9. The molecule has 0 spiro atoms. The molecule has 2 heteroatoms. The van der Waals surface area contributed by atoms with Crippen molar-refractivity contribution < 1.29 is 0 Å². The summed E-state index contributed by atoms with van der Waals surface area (Å²) in [4.78, 5) is 2.43. The largest absolute Gasteiger partial charge is 0.379 e. The van der Waals surface area contributed by atoms with Gasteiger partial charge >= 0.3 is 0 Å². The van der Waals surface area contributed by atoms with Gasteiger partial charge < -0.3 is 10.2 Å². The van der Waals surface area contributed by atoms with Crippen molar-refractivity contribution >= 4 is 0 Å². The highest BCUT2D eigenvalue weighted by Crippen LogP contribution is 2.43. The zero-order chi connectivity index (χ0) is 20.7. The normalized spacial score (nSPS) is 21.4. The van der Waals surface area contributed by atoms with Crippen LogP contribution in [-0.4, -0.2) is 24.0 Å². The SMILES string of the molecule is C=C(CCCCC)C(C)(C)NC(=C)C1(C)CCCCCC(N(C)CC)=C1C. The molecule has 1 N–H and O–H groups in total. The van der Waals surface area contributed by atoms with Crippen LogP contribution in [0, 0.1) is 5.41 Å². The second-order valence-electron chi connectivity index (χ2n) is 9.27. The lowest BCUT2D eigenvalue weighted by molar-refractivity contribution is 0.316. The summed E-state index contributed by atoms with van der Waals surface area (Å²) in [7, 11) is 2.23. The summed E-state index contributed by atoms with van der Waals surface area (Å²) in [6.45, 7) is 23.8. The maximum absolute atomic E-state index is 4.55. The number of hydrogen-bond acceptors (Lipinski definition) is 2. The molecule has 0 radical (unpaired) electrons. The van der Waals surface area contributed by atoms with Gasteiger partial charge in [0.2, 0.25) is 0 Å². The molecule has 0 aromatic heterocycles. The molecule has 1 aliphatic carbocycles. The number of nitrogens with one attached hydrogen (secondary N) is 1. The molecule has 156 valence electrons. The Bertz CT molecular complexity index is 541. The van der Waals surface area contributed by atoms with Gasteiger partial charge in [0, 0.05) is 30.4 Å². The van der Waals surface area contributed by atoms with Crippen molar-refractivity contribution in [2.45, 2.75) is 105 Å². The molecule has 0 fully saturated rings. The third-order valence-electron chi connectivity index (χ3n) is 6.88. The van der Waals surface area contributed by atoms with Crippen molar-refractivity contribution in [2.75, 3.05) is 13.6 Å². The summed E-state index contributed by atoms with van der Waals surface area (Å²) in [6.07, 6.45) is 11.1. The first-order valence-electron chi connectivity index (χ1n) is 11.2. The number of nitrogens with zero attached hydrogens (tertiary/aromatic N) is 1. The van der Waals surface area contributed by atoms with Gasteiger partial charge in [0.25, 0.3) is 0 Å². The quantitative estimate of drug-likeness (QED) is 0.321. The van der Waals surface area contributed by atoms with E-state index in [0.29, 0.717) is 0 Å². The summed E-state index contributed by atoms with van der Waals surface area (Å²) < 4.78 is 0. The molecule has 0 aliphatic heterocycles. The minimum Gasteiger partial charge on any atom is -0.379 e. The highest BCUT2D eigenvalue weighted by Gasteiger charge is 2.36. The lowest BCUT2D eigenvalue weighted by Gasteiger charge is -2.42. The lowest BCUT2D eigenvalue weighted by atomic mass is 9.72. The molecule has 0 amide bonds. The maximum Gasteiger partial charge on any atom is 0.0523 e. The van der Waals surface area contributed by atoms with Gasteiger partial charge in [-0.2, -0.15) is 0 Å². The smallest absolute Gasteiger partial charge is 0.0523 e. The first-order chi connectivity index (χ1) is 12.6. The van der Waals surface area contributed by atoms with Gasteiger partial charge in [0.15, 0.2) is 0 Å². The minimum absolute atomic E-state index is 0.000151. The predicted molar refractivity (Wildman–Crippen MR) is 122 cm³/mol. The Morgan fingerprint density at radius 1 is 1.15 bits per heavy atom. The van der Waals surface area contributed by atoms with Crippen LogP contribution in [0.5, 0.6) is 0 Å². The van der Waals surface area contributed by atoms with Gasteiger partial charge in [0.05, 0.1) is 5.54 Å². The van der Waals surface area contributed by atoms with E-state index in [4.69, 9.17) is 0 Å². The molecule has 0 aromatic rings. The number of rotatable bonds is 10. The fraction of sp³-hybridized carbons (Fsp3) is 0.760. The highest BCUT2D eigenvalue weighted by atomic mass is 15.1. The average molecular weight is 375 g/mol. The third kappa shape index (κ3) is 6.16. The van der Waals surface area contributed by atoms with Gasteiger partial charge in [-0.15, -0.1) is 0 Å². The molecule has 2 nitrogen and oxygen atoms in total. The fourth-order valence-electron chi connectivity index (χ4n) is 4.19. The summed E-state index contributed by atoms with van der Waals surface area (Å²) >= 11 is 0. The Hall–Kier alpha value is -1.18. The van der Waals surface area contributed by atoms with E-state index >= 15 is 0 Å². The van der Waals surface area contributed by atoms with E-state index in [1.54, 1.807) is 0 Å². The van der Waals surface area contributed by atoms with Gasteiger partial charge in [-0.25, -0.2) is 0 Å². The Kier molecular flexibility index (Phi) is 9.18. The summed E-state index contributed by atoms with van der Waals surface area (Å²) in [5, 5.41) is 3.80. The molecule has 0 aromatic carbocycles. The fourth-order valence-corrected chi connectivity index (χ4v) is 4.19. The van der Waals surface area contributed by atoms with E-state index in [1.807, 2.05) is 0 Å². The molecule has 0 bridgehead atoms. The molecule has 27 heavy (non-hydrogen) atoms. The Morgan fingerprint density at radius 3 is 2.41 bits per heavy atom. The second-order valence-corrected chi connectivity index (χ2v) is 9.27. The minimum atomic E-state index is -0.118. The van der Waals surface area contributed by atoms with Gasteiger partial charge in [-0.05, 0) is 65.4 Å². The Labute approximate surface area is 170 Å². The molecule has 1 atom stereocenters. The van der Waals surface area contributed by atoms with E-state index in [9.17, 15) is 0 Å². The van der Waals surface area contributed by atoms with Gasteiger partial charge in [-0.1, -0.05) is 58.3 Å². The molecule has 0 saturated heterocycles.